The fraction of sp³-hybridized carbons (Fsp3) is 0.278. The Bertz CT molecular complexity index is 1100. The molecule has 0 radical (unpaired) electrons. The summed E-state index contributed by atoms with van der Waals surface area (Å²) in [6.07, 6.45) is -1.61. The average molecular weight is 424 g/mol. The van der Waals surface area contributed by atoms with Crippen molar-refractivity contribution in [2.45, 2.75) is 24.2 Å². The van der Waals surface area contributed by atoms with Gasteiger partial charge in [-0.1, -0.05) is 0 Å². The van der Waals surface area contributed by atoms with Gasteiger partial charge in [0.15, 0.2) is 11.5 Å². The van der Waals surface area contributed by atoms with E-state index in [1.54, 1.807) is 24.7 Å². The van der Waals surface area contributed by atoms with Crippen LogP contribution in [0.1, 0.15) is 6.92 Å². The highest BCUT2D eigenvalue weighted by Crippen LogP contribution is 2.45. The number of aromatic amines is 1. The van der Waals surface area contributed by atoms with Crippen LogP contribution in [0.15, 0.2) is 29.6 Å². The second-order valence-corrected chi connectivity index (χ2v) is 7.12. The second kappa shape index (κ2) is 7.14. The van der Waals surface area contributed by atoms with E-state index in [2.05, 4.69) is 20.3 Å². The maximum atomic E-state index is 13.1. The predicted molar refractivity (Wildman–Crippen MR) is 101 cm³/mol. The van der Waals surface area contributed by atoms with Gasteiger partial charge >= 0.3 is 6.18 Å². The number of hydrogen-bond acceptors (Lipinski definition) is 6. The van der Waals surface area contributed by atoms with Crippen LogP contribution in [0.5, 0.6) is 11.5 Å². The molecular formula is C18H15F3N4O3S. The number of carbonyl (C=O) groups is 1. The van der Waals surface area contributed by atoms with Crippen molar-refractivity contribution in [1.29, 1.82) is 0 Å². The first-order chi connectivity index (χ1) is 13.8. The predicted octanol–water partition coefficient (Wildman–Crippen LogP) is 4.01. The number of amides is 1. The minimum absolute atomic E-state index is 0.0154. The van der Waals surface area contributed by atoms with Crippen molar-refractivity contribution in [3.05, 3.63) is 24.5 Å². The van der Waals surface area contributed by atoms with Crippen molar-refractivity contribution in [3.8, 4) is 22.8 Å². The third-order valence-electron chi connectivity index (χ3n) is 4.26. The van der Waals surface area contributed by atoms with Crippen LogP contribution in [0.3, 0.4) is 0 Å². The Morgan fingerprint density at radius 1 is 1.38 bits per heavy atom. The number of pyridine rings is 2. The van der Waals surface area contributed by atoms with Gasteiger partial charge in [0.25, 0.3) is 0 Å². The molecule has 0 fully saturated rings. The topological polar surface area (TPSA) is 89.1 Å². The lowest BCUT2D eigenvalue weighted by Gasteiger charge is -2.29. The van der Waals surface area contributed by atoms with Gasteiger partial charge in [0.1, 0.15) is 23.1 Å². The van der Waals surface area contributed by atoms with Crippen LogP contribution in [0.4, 0.5) is 19.0 Å². The van der Waals surface area contributed by atoms with Gasteiger partial charge in [-0.05, 0) is 12.3 Å². The fourth-order valence-corrected chi connectivity index (χ4v) is 3.38. The van der Waals surface area contributed by atoms with Crippen molar-refractivity contribution in [1.82, 2.24) is 15.0 Å². The summed E-state index contributed by atoms with van der Waals surface area (Å²) < 4.78 is 49.9. The largest absolute Gasteiger partial charge is 0.483 e. The summed E-state index contributed by atoms with van der Waals surface area (Å²) in [6, 6.07) is 3.09. The summed E-state index contributed by atoms with van der Waals surface area (Å²) in [6.45, 7) is 0.705. The van der Waals surface area contributed by atoms with Crippen LogP contribution in [0, 0.1) is 0 Å². The second-order valence-electron chi connectivity index (χ2n) is 6.30. The Balaban J connectivity index is 1.84. The van der Waals surface area contributed by atoms with Gasteiger partial charge in [0.05, 0.1) is 11.7 Å². The van der Waals surface area contributed by atoms with Crippen molar-refractivity contribution < 1.29 is 27.4 Å². The number of halogens is 3. The van der Waals surface area contributed by atoms with Crippen molar-refractivity contribution in [2.75, 3.05) is 18.2 Å². The summed E-state index contributed by atoms with van der Waals surface area (Å²) >= 11 is 1.27. The van der Waals surface area contributed by atoms with E-state index in [0.29, 0.717) is 33.0 Å². The molecular weight excluding hydrogens is 409 g/mol. The molecule has 4 rings (SSSR count). The Labute approximate surface area is 167 Å². The zero-order chi connectivity index (χ0) is 20.8. The highest BCUT2D eigenvalue weighted by Gasteiger charge is 2.45. The molecule has 3 aromatic heterocycles. The van der Waals surface area contributed by atoms with Crippen LogP contribution in [0.2, 0.25) is 0 Å². The minimum atomic E-state index is -4.54. The lowest BCUT2D eigenvalue weighted by atomic mass is 10.1. The summed E-state index contributed by atoms with van der Waals surface area (Å²) in [7, 11) is 0. The smallest absolute Gasteiger partial charge is 0.428 e. The summed E-state index contributed by atoms with van der Waals surface area (Å²) in [5.41, 5.74) is 1.61. The maximum absolute atomic E-state index is 13.1. The number of rotatable bonds is 3. The standard InChI is InChI=1S/C18H15F3N4O3S/c1-8(26)24-14-3-9-10(5-22-11(9)6-23-14)16-17-12(4-15(25-16)29-2)28-13(7-27-17)18(19,20)21/h3-6,13,22H,7H2,1-2H3,(H,23,24,26). The molecule has 1 aliphatic rings. The van der Waals surface area contributed by atoms with Crippen molar-refractivity contribution in [3.63, 3.8) is 0 Å². The molecule has 0 saturated carbocycles. The number of alkyl halides is 3. The van der Waals surface area contributed by atoms with Gasteiger partial charge < -0.3 is 19.8 Å². The highest BCUT2D eigenvalue weighted by atomic mass is 32.2. The van der Waals surface area contributed by atoms with E-state index in [9.17, 15) is 18.0 Å². The Hall–Kier alpha value is -2.95. The van der Waals surface area contributed by atoms with Crippen molar-refractivity contribution in [2.24, 2.45) is 0 Å². The normalized spacial score (nSPS) is 16.1. The van der Waals surface area contributed by atoms with Gasteiger partial charge in [-0.25, -0.2) is 9.97 Å². The third-order valence-corrected chi connectivity index (χ3v) is 4.89. The molecule has 29 heavy (non-hydrogen) atoms. The molecule has 152 valence electrons. The lowest BCUT2D eigenvalue weighted by Crippen LogP contribution is -2.42. The zero-order valence-electron chi connectivity index (χ0n) is 15.3. The number of nitrogens with zero attached hydrogens (tertiary/aromatic N) is 2. The van der Waals surface area contributed by atoms with Crippen LogP contribution < -0.4 is 14.8 Å². The number of anilines is 1. The molecule has 1 unspecified atom stereocenters. The van der Waals surface area contributed by atoms with Crippen LogP contribution in [0.25, 0.3) is 22.2 Å². The van der Waals surface area contributed by atoms with E-state index in [4.69, 9.17) is 9.47 Å². The number of aromatic nitrogens is 3. The Kier molecular flexibility index (Phi) is 4.77. The van der Waals surface area contributed by atoms with Crippen LogP contribution >= 0.6 is 11.8 Å². The first-order valence-corrected chi connectivity index (χ1v) is 9.69. The molecule has 1 aliphatic heterocycles. The first kappa shape index (κ1) is 19.4. The molecule has 0 spiro atoms. The molecule has 0 aliphatic carbocycles. The molecule has 11 heteroatoms. The SMILES string of the molecule is CSc1cc2c(c(-c3c[nH]c4cnc(NC(C)=O)cc34)n1)OCC(C(F)(F)F)O2. The molecule has 1 atom stereocenters. The third kappa shape index (κ3) is 3.69. The number of hydrogen-bond donors (Lipinski definition) is 2. The van der Waals surface area contributed by atoms with Crippen LogP contribution in [-0.4, -0.2) is 46.0 Å². The van der Waals surface area contributed by atoms with Gasteiger partial charge in [-0.2, -0.15) is 13.2 Å². The van der Waals surface area contributed by atoms with Crippen LogP contribution in [-0.2, 0) is 4.79 Å². The first-order valence-electron chi connectivity index (χ1n) is 8.46. The molecule has 0 aromatic carbocycles. The molecule has 2 N–H and O–H groups in total. The number of nitrogens with one attached hydrogen (secondary N) is 2. The van der Waals surface area contributed by atoms with E-state index in [0.717, 1.165) is 0 Å². The maximum Gasteiger partial charge on any atom is 0.428 e. The minimum Gasteiger partial charge on any atom is -0.483 e. The number of carbonyl (C=O) groups excluding carboxylic acids is 1. The van der Waals surface area contributed by atoms with E-state index in [1.807, 2.05) is 0 Å². The van der Waals surface area contributed by atoms with Gasteiger partial charge in [0.2, 0.25) is 12.0 Å². The highest BCUT2D eigenvalue weighted by molar-refractivity contribution is 7.98. The molecule has 0 bridgehead atoms. The van der Waals surface area contributed by atoms with Crippen molar-refractivity contribution >= 4 is 34.4 Å². The quantitative estimate of drug-likeness (QED) is 0.618. The zero-order valence-corrected chi connectivity index (χ0v) is 16.1. The average Bonchev–Trinajstić information content (AvgIpc) is 3.08. The van der Waals surface area contributed by atoms with Gasteiger partial charge in [-0.3, -0.25) is 4.79 Å². The number of H-pyrrole nitrogens is 1. The summed E-state index contributed by atoms with van der Waals surface area (Å²) in [4.78, 5) is 23.0. The number of fused-ring (bicyclic) bond motifs is 2. The van der Waals surface area contributed by atoms with E-state index < -0.39 is 18.9 Å². The Morgan fingerprint density at radius 3 is 2.86 bits per heavy atom. The molecule has 1 amide bonds. The number of thioether (sulfide) groups is 1. The lowest BCUT2D eigenvalue weighted by molar-refractivity contribution is -0.207. The summed E-state index contributed by atoms with van der Waals surface area (Å²) in [5.74, 6) is 0.194. The molecule has 4 heterocycles. The van der Waals surface area contributed by atoms with Gasteiger partial charge in [0, 0.05) is 30.1 Å². The molecule has 7 nitrogen and oxygen atoms in total. The molecule has 0 saturated heterocycles. The van der Waals surface area contributed by atoms with E-state index in [1.165, 1.54) is 24.8 Å². The summed E-state index contributed by atoms with van der Waals surface area (Å²) in [5, 5.41) is 3.76. The monoisotopic (exact) mass is 424 g/mol. The fourth-order valence-electron chi connectivity index (χ4n) is 2.97. The van der Waals surface area contributed by atoms with E-state index in [-0.39, 0.29) is 17.4 Å². The number of ether oxygens (including phenoxy) is 2. The van der Waals surface area contributed by atoms with Gasteiger partial charge in [-0.15, -0.1) is 11.8 Å². The Morgan fingerprint density at radius 2 is 2.17 bits per heavy atom. The van der Waals surface area contributed by atoms with E-state index >= 15 is 0 Å². The molecule has 3 aromatic rings.